The normalized spacial score (nSPS) is 11.7. The summed E-state index contributed by atoms with van der Waals surface area (Å²) < 4.78 is 12.3. The Bertz CT molecular complexity index is 1560. The van der Waals surface area contributed by atoms with E-state index in [-0.39, 0.29) is 0 Å². The molecule has 4 heterocycles. The van der Waals surface area contributed by atoms with Crippen LogP contribution in [0.3, 0.4) is 0 Å². The monoisotopic (exact) mass is 390 g/mol. The van der Waals surface area contributed by atoms with E-state index in [1.54, 1.807) is 6.20 Å². The molecule has 4 nitrogen and oxygen atoms in total. The lowest BCUT2D eigenvalue weighted by atomic mass is 10.0. The van der Waals surface area contributed by atoms with Crippen LogP contribution in [0.4, 0.5) is 0 Å². The van der Waals surface area contributed by atoms with Crippen molar-refractivity contribution in [2.45, 2.75) is 13.8 Å². The number of para-hydroxylation sites is 1. The zero-order valence-corrected chi connectivity index (χ0v) is 16.6. The van der Waals surface area contributed by atoms with Crippen molar-refractivity contribution in [3.63, 3.8) is 0 Å². The van der Waals surface area contributed by atoms with Gasteiger partial charge in [-0.1, -0.05) is 42.5 Å². The SMILES string of the molecule is Cc1ccc2c(n1)oc1c(-c3cc4c(C)c(-c5ccccc5)oc4cn3)cccc12. The summed E-state index contributed by atoms with van der Waals surface area (Å²) in [7, 11) is 0. The molecule has 4 heteroatoms. The van der Waals surface area contributed by atoms with Crippen molar-refractivity contribution >= 4 is 33.0 Å². The number of nitrogens with zero attached hydrogens (tertiary/aromatic N) is 2. The summed E-state index contributed by atoms with van der Waals surface area (Å²) >= 11 is 0. The van der Waals surface area contributed by atoms with Crippen molar-refractivity contribution in [2.24, 2.45) is 0 Å². The Morgan fingerprint density at radius 1 is 0.767 bits per heavy atom. The minimum Gasteiger partial charge on any atom is -0.454 e. The Balaban J connectivity index is 1.57. The van der Waals surface area contributed by atoms with Gasteiger partial charge in [0, 0.05) is 38.5 Å². The Hall–Kier alpha value is -3.92. The molecule has 0 aliphatic heterocycles. The number of furan rings is 2. The second-order valence-electron chi connectivity index (χ2n) is 7.58. The molecular weight excluding hydrogens is 372 g/mol. The molecule has 6 aromatic rings. The van der Waals surface area contributed by atoms with Gasteiger partial charge in [-0.3, -0.25) is 4.98 Å². The summed E-state index contributed by atoms with van der Waals surface area (Å²) in [6.45, 7) is 4.06. The topological polar surface area (TPSA) is 52.1 Å². The number of aryl methyl sites for hydroxylation is 2. The average molecular weight is 390 g/mol. The number of hydrogen-bond acceptors (Lipinski definition) is 4. The number of rotatable bonds is 2. The highest BCUT2D eigenvalue weighted by Gasteiger charge is 2.17. The third kappa shape index (κ3) is 2.47. The van der Waals surface area contributed by atoms with E-state index in [0.29, 0.717) is 5.71 Å². The van der Waals surface area contributed by atoms with E-state index < -0.39 is 0 Å². The molecule has 0 N–H and O–H groups in total. The number of pyridine rings is 2. The Morgan fingerprint density at radius 3 is 2.50 bits per heavy atom. The molecule has 0 fully saturated rings. The second-order valence-corrected chi connectivity index (χ2v) is 7.58. The summed E-state index contributed by atoms with van der Waals surface area (Å²) in [5.41, 5.74) is 7.15. The smallest absolute Gasteiger partial charge is 0.227 e. The zero-order valence-electron chi connectivity index (χ0n) is 16.6. The van der Waals surface area contributed by atoms with Gasteiger partial charge in [-0.2, -0.15) is 0 Å². The van der Waals surface area contributed by atoms with Crippen molar-refractivity contribution in [1.82, 2.24) is 9.97 Å². The van der Waals surface area contributed by atoms with Gasteiger partial charge in [0.15, 0.2) is 5.58 Å². The van der Waals surface area contributed by atoms with Crippen molar-refractivity contribution in [3.8, 4) is 22.6 Å². The van der Waals surface area contributed by atoms with E-state index in [0.717, 1.165) is 61.2 Å². The molecular formula is C26H18N2O2. The molecule has 0 radical (unpaired) electrons. The molecule has 144 valence electrons. The van der Waals surface area contributed by atoms with E-state index in [1.165, 1.54) is 0 Å². The van der Waals surface area contributed by atoms with Crippen LogP contribution in [0.2, 0.25) is 0 Å². The maximum absolute atomic E-state index is 6.16. The highest BCUT2D eigenvalue weighted by atomic mass is 16.3. The lowest BCUT2D eigenvalue weighted by Gasteiger charge is -2.02. The summed E-state index contributed by atoms with van der Waals surface area (Å²) in [6, 6.07) is 22.5. The number of aromatic nitrogens is 2. The van der Waals surface area contributed by atoms with Gasteiger partial charge in [-0.25, -0.2) is 4.98 Å². The first-order chi connectivity index (χ1) is 14.7. The molecule has 2 aromatic carbocycles. The van der Waals surface area contributed by atoms with Crippen LogP contribution in [-0.2, 0) is 0 Å². The third-order valence-corrected chi connectivity index (χ3v) is 5.64. The van der Waals surface area contributed by atoms with Gasteiger partial charge in [-0.15, -0.1) is 0 Å². The van der Waals surface area contributed by atoms with E-state index >= 15 is 0 Å². The van der Waals surface area contributed by atoms with Crippen LogP contribution in [0.5, 0.6) is 0 Å². The number of hydrogen-bond donors (Lipinski definition) is 0. The molecule has 0 unspecified atom stereocenters. The molecule has 0 saturated heterocycles. The molecule has 0 aliphatic carbocycles. The minimum absolute atomic E-state index is 0.657. The van der Waals surface area contributed by atoms with E-state index in [2.05, 4.69) is 47.2 Å². The van der Waals surface area contributed by atoms with Gasteiger partial charge in [0.2, 0.25) is 5.71 Å². The lowest BCUT2D eigenvalue weighted by Crippen LogP contribution is -1.84. The molecule has 0 atom stereocenters. The van der Waals surface area contributed by atoms with Crippen molar-refractivity contribution < 1.29 is 8.83 Å². The summed E-state index contributed by atoms with van der Waals surface area (Å²) in [5.74, 6) is 0.881. The molecule has 6 rings (SSSR count). The highest BCUT2D eigenvalue weighted by Crippen LogP contribution is 2.38. The van der Waals surface area contributed by atoms with E-state index in [9.17, 15) is 0 Å². The molecule has 0 spiro atoms. The van der Waals surface area contributed by atoms with Gasteiger partial charge < -0.3 is 8.83 Å². The molecule has 0 bridgehead atoms. The third-order valence-electron chi connectivity index (χ3n) is 5.64. The zero-order chi connectivity index (χ0) is 20.2. The fourth-order valence-electron chi connectivity index (χ4n) is 4.11. The lowest BCUT2D eigenvalue weighted by molar-refractivity contribution is 0.627. The van der Waals surface area contributed by atoms with Gasteiger partial charge in [0.1, 0.15) is 11.3 Å². The maximum atomic E-state index is 6.16. The first-order valence-electron chi connectivity index (χ1n) is 9.93. The fraction of sp³-hybridized carbons (Fsp3) is 0.0769. The van der Waals surface area contributed by atoms with Gasteiger partial charge in [0.25, 0.3) is 0 Å². The van der Waals surface area contributed by atoms with Crippen LogP contribution < -0.4 is 0 Å². The predicted octanol–water partition coefficient (Wildman–Crippen LogP) is 7.07. The molecule has 4 aromatic heterocycles. The van der Waals surface area contributed by atoms with E-state index in [4.69, 9.17) is 8.83 Å². The average Bonchev–Trinajstić information content (AvgIpc) is 3.31. The predicted molar refractivity (Wildman–Crippen MR) is 119 cm³/mol. The van der Waals surface area contributed by atoms with Crippen molar-refractivity contribution in [2.75, 3.05) is 0 Å². The summed E-state index contributed by atoms with van der Waals surface area (Å²) in [6.07, 6.45) is 1.80. The summed E-state index contributed by atoms with van der Waals surface area (Å²) in [5, 5.41) is 3.12. The van der Waals surface area contributed by atoms with Crippen LogP contribution in [-0.4, -0.2) is 9.97 Å². The van der Waals surface area contributed by atoms with Crippen molar-refractivity contribution in [3.05, 3.63) is 84.2 Å². The van der Waals surface area contributed by atoms with Crippen LogP contribution in [0.15, 0.2) is 81.8 Å². The Kier molecular flexibility index (Phi) is 3.56. The van der Waals surface area contributed by atoms with Crippen LogP contribution in [0.25, 0.3) is 55.6 Å². The first-order valence-corrected chi connectivity index (χ1v) is 9.93. The minimum atomic E-state index is 0.657. The fourth-order valence-corrected chi connectivity index (χ4v) is 4.11. The van der Waals surface area contributed by atoms with Gasteiger partial charge in [0.05, 0.1) is 11.9 Å². The van der Waals surface area contributed by atoms with Crippen LogP contribution in [0.1, 0.15) is 11.3 Å². The molecule has 0 amide bonds. The summed E-state index contributed by atoms with van der Waals surface area (Å²) in [4.78, 5) is 9.24. The standard InChI is InChI=1S/C26H18N2O2/c1-15-11-12-19-18-9-6-10-20(25(18)30-26(19)28-15)22-13-21-16(2)24(29-23(21)14-27-22)17-7-4-3-5-8-17/h3-14H,1-2H3. The maximum Gasteiger partial charge on any atom is 0.227 e. The van der Waals surface area contributed by atoms with E-state index in [1.807, 2.05) is 43.3 Å². The van der Waals surface area contributed by atoms with Crippen molar-refractivity contribution in [1.29, 1.82) is 0 Å². The van der Waals surface area contributed by atoms with Crippen LogP contribution >= 0.6 is 0 Å². The van der Waals surface area contributed by atoms with Gasteiger partial charge >= 0.3 is 0 Å². The van der Waals surface area contributed by atoms with Crippen LogP contribution in [0, 0.1) is 13.8 Å². The molecule has 0 saturated carbocycles. The molecule has 0 aliphatic rings. The first kappa shape index (κ1) is 17.0. The Labute approximate surface area is 172 Å². The highest BCUT2D eigenvalue weighted by molar-refractivity contribution is 6.08. The Morgan fingerprint density at radius 2 is 1.63 bits per heavy atom. The largest absolute Gasteiger partial charge is 0.454 e. The number of fused-ring (bicyclic) bond motifs is 4. The second kappa shape index (κ2) is 6.29. The van der Waals surface area contributed by atoms with Gasteiger partial charge in [-0.05, 0) is 38.1 Å². The molecule has 30 heavy (non-hydrogen) atoms. The number of benzene rings is 2. The quantitative estimate of drug-likeness (QED) is 0.317.